The van der Waals surface area contributed by atoms with Crippen LogP contribution in [0.1, 0.15) is 35.7 Å². The minimum absolute atomic E-state index is 0.0495. The van der Waals surface area contributed by atoms with E-state index in [1.165, 1.54) is 0 Å². The van der Waals surface area contributed by atoms with Crippen molar-refractivity contribution in [2.24, 2.45) is 12.9 Å². The fraction of sp³-hybridized carbons (Fsp3) is 0.462. The number of rotatable bonds is 5. The number of aryl methyl sites for hydroxylation is 3. The van der Waals surface area contributed by atoms with Gasteiger partial charge in [-0.05, 0) is 19.1 Å². The molecule has 2 aromatic heterocycles. The van der Waals surface area contributed by atoms with Crippen LogP contribution in [0.15, 0.2) is 22.8 Å². The minimum atomic E-state index is 0.0495. The van der Waals surface area contributed by atoms with Crippen LogP contribution in [0.4, 0.5) is 0 Å². The molecule has 0 saturated carbocycles. The number of nitrogens with one attached hydrogen (secondary N) is 1. The van der Waals surface area contributed by atoms with Crippen molar-refractivity contribution >= 4 is 0 Å². The van der Waals surface area contributed by atoms with Crippen molar-refractivity contribution in [3.63, 3.8) is 0 Å². The Kier molecular flexibility index (Phi) is 3.84. The van der Waals surface area contributed by atoms with Gasteiger partial charge in [0.05, 0.1) is 18.0 Å². The lowest BCUT2D eigenvalue weighted by Crippen LogP contribution is -2.30. The molecule has 0 saturated heterocycles. The van der Waals surface area contributed by atoms with Crippen molar-refractivity contribution in [3.05, 3.63) is 41.1 Å². The van der Waals surface area contributed by atoms with Crippen LogP contribution in [0, 0.1) is 6.92 Å². The summed E-state index contributed by atoms with van der Waals surface area (Å²) in [6.07, 6.45) is 3.37. The van der Waals surface area contributed by atoms with Gasteiger partial charge in [-0.1, -0.05) is 6.92 Å². The van der Waals surface area contributed by atoms with Gasteiger partial charge in [0.15, 0.2) is 0 Å². The van der Waals surface area contributed by atoms with Crippen molar-refractivity contribution in [3.8, 4) is 0 Å². The molecule has 98 valence electrons. The molecule has 2 aromatic rings. The number of aromatic nitrogens is 2. The molecule has 5 heteroatoms. The highest BCUT2D eigenvalue weighted by atomic mass is 16.3. The predicted octanol–water partition coefficient (Wildman–Crippen LogP) is 1.63. The molecular formula is C13H20N4O. The maximum atomic E-state index is 5.67. The average Bonchev–Trinajstić information content (AvgIpc) is 2.92. The first-order valence-corrected chi connectivity index (χ1v) is 6.17. The number of hydrogen-bond donors (Lipinski definition) is 2. The maximum absolute atomic E-state index is 5.67. The summed E-state index contributed by atoms with van der Waals surface area (Å²) >= 11 is 0. The molecule has 0 bridgehead atoms. The topological polar surface area (TPSA) is 69.0 Å². The second-order valence-electron chi connectivity index (χ2n) is 4.48. The third kappa shape index (κ3) is 2.47. The summed E-state index contributed by atoms with van der Waals surface area (Å²) in [6, 6.07) is 4.11. The van der Waals surface area contributed by atoms with E-state index in [2.05, 4.69) is 23.5 Å². The average molecular weight is 248 g/mol. The molecule has 1 unspecified atom stereocenters. The van der Waals surface area contributed by atoms with E-state index in [-0.39, 0.29) is 6.04 Å². The molecule has 18 heavy (non-hydrogen) atoms. The summed E-state index contributed by atoms with van der Waals surface area (Å²) in [5.74, 6) is 6.65. The van der Waals surface area contributed by atoms with Gasteiger partial charge in [-0.15, -0.1) is 0 Å². The fourth-order valence-corrected chi connectivity index (χ4v) is 2.27. The van der Waals surface area contributed by atoms with Gasteiger partial charge in [0.1, 0.15) is 5.76 Å². The zero-order valence-electron chi connectivity index (χ0n) is 11.1. The fourth-order valence-electron chi connectivity index (χ4n) is 2.27. The van der Waals surface area contributed by atoms with Crippen molar-refractivity contribution in [1.29, 1.82) is 0 Å². The zero-order valence-corrected chi connectivity index (χ0v) is 11.1. The summed E-state index contributed by atoms with van der Waals surface area (Å²) in [7, 11) is 1.95. The lowest BCUT2D eigenvalue weighted by Gasteiger charge is -2.15. The minimum Gasteiger partial charge on any atom is -0.469 e. The Morgan fingerprint density at radius 2 is 2.33 bits per heavy atom. The van der Waals surface area contributed by atoms with E-state index in [0.717, 1.165) is 35.6 Å². The smallest absolute Gasteiger partial charge is 0.108 e. The van der Waals surface area contributed by atoms with Crippen LogP contribution in [-0.4, -0.2) is 9.78 Å². The van der Waals surface area contributed by atoms with Crippen molar-refractivity contribution in [2.75, 3.05) is 0 Å². The van der Waals surface area contributed by atoms with E-state index in [0.29, 0.717) is 0 Å². The molecule has 0 amide bonds. The van der Waals surface area contributed by atoms with E-state index in [1.54, 1.807) is 6.26 Å². The Balaban J connectivity index is 2.22. The van der Waals surface area contributed by atoms with Gasteiger partial charge in [-0.2, -0.15) is 5.10 Å². The Hall–Kier alpha value is -1.59. The van der Waals surface area contributed by atoms with Crippen LogP contribution >= 0.6 is 0 Å². The van der Waals surface area contributed by atoms with Crippen LogP contribution in [-0.2, 0) is 19.9 Å². The van der Waals surface area contributed by atoms with Crippen LogP contribution in [0.25, 0.3) is 0 Å². The van der Waals surface area contributed by atoms with Crippen molar-refractivity contribution in [1.82, 2.24) is 15.2 Å². The quantitative estimate of drug-likeness (QED) is 0.623. The summed E-state index contributed by atoms with van der Waals surface area (Å²) in [4.78, 5) is 0. The number of furan rings is 1. The zero-order chi connectivity index (χ0) is 13.1. The third-order valence-corrected chi connectivity index (χ3v) is 3.19. The normalized spacial score (nSPS) is 12.9. The van der Waals surface area contributed by atoms with Gasteiger partial charge < -0.3 is 4.42 Å². The van der Waals surface area contributed by atoms with Crippen LogP contribution in [0.2, 0.25) is 0 Å². The molecule has 1 atom stereocenters. The predicted molar refractivity (Wildman–Crippen MR) is 69.8 cm³/mol. The highest BCUT2D eigenvalue weighted by molar-refractivity contribution is 5.24. The molecule has 0 aliphatic rings. The van der Waals surface area contributed by atoms with Gasteiger partial charge in [-0.25, -0.2) is 0 Å². The maximum Gasteiger partial charge on any atom is 0.108 e. The number of nitrogens with zero attached hydrogens (tertiary/aromatic N) is 2. The second-order valence-corrected chi connectivity index (χ2v) is 4.48. The standard InChI is InChI=1S/C13H20N4O/c1-4-13-11(5-6-18-13)12(15-14)8-10-7-9(2)16-17(10)3/h5-7,12,15H,4,8,14H2,1-3H3. The van der Waals surface area contributed by atoms with Crippen molar-refractivity contribution in [2.45, 2.75) is 32.7 Å². The lowest BCUT2D eigenvalue weighted by molar-refractivity contribution is 0.481. The summed E-state index contributed by atoms with van der Waals surface area (Å²) in [5.41, 5.74) is 6.16. The first kappa shape index (κ1) is 12.9. The molecule has 0 aromatic carbocycles. The Morgan fingerprint density at radius 3 is 2.89 bits per heavy atom. The molecule has 0 aliphatic heterocycles. The van der Waals surface area contributed by atoms with E-state index < -0.39 is 0 Å². The van der Waals surface area contributed by atoms with Gasteiger partial charge in [0.2, 0.25) is 0 Å². The molecule has 0 aliphatic carbocycles. The second kappa shape index (κ2) is 5.37. The van der Waals surface area contributed by atoms with E-state index >= 15 is 0 Å². The van der Waals surface area contributed by atoms with E-state index in [1.807, 2.05) is 24.7 Å². The number of nitrogens with two attached hydrogens (primary N) is 1. The Morgan fingerprint density at radius 1 is 1.56 bits per heavy atom. The number of hydrazine groups is 1. The van der Waals surface area contributed by atoms with Gasteiger partial charge in [-0.3, -0.25) is 16.0 Å². The highest BCUT2D eigenvalue weighted by Gasteiger charge is 2.18. The SMILES string of the molecule is CCc1occc1C(Cc1cc(C)nn1C)NN. The first-order chi connectivity index (χ1) is 8.65. The highest BCUT2D eigenvalue weighted by Crippen LogP contribution is 2.23. The van der Waals surface area contributed by atoms with Crippen molar-refractivity contribution < 1.29 is 4.42 Å². The Labute approximate surface area is 107 Å². The van der Waals surface area contributed by atoms with Gasteiger partial charge in [0.25, 0.3) is 0 Å². The first-order valence-electron chi connectivity index (χ1n) is 6.17. The van der Waals surface area contributed by atoms with Gasteiger partial charge >= 0.3 is 0 Å². The summed E-state index contributed by atoms with van der Waals surface area (Å²) in [5, 5.41) is 4.35. The van der Waals surface area contributed by atoms with Crippen LogP contribution < -0.4 is 11.3 Å². The van der Waals surface area contributed by atoms with Crippen LogP contribution in [0.5, 0.6) is 0 Å². The van der Waals surface area contributed by atoms with Gasteiger partial charge in [0, 0.05) is 31.1 Å². The molecular weight excluding hydrogens is 228 g/mol. The summed E-state index contributed by atoms with van der Waals surface area (Å²) < 4.78 is 7.35. The number of hydrogen-bond acceptors (Lipinski definition) is 4. The van der Waals surface area contributed by atoms with Crippen LogP contribution in [0.3, 0.4) is 0 Å². The molecule has 5 nitrogen and oxygen atoms in total. The lowest BCUT2D eigenvalue weighted by atomic mass is 10.0. The molecule has 0 fully saturated rings. The Bertz CT molecular complexity index is 515. The largest absolute Gasteiger partial charge is 0.469 e. The van der Waals surface area contributed by atoms with E-state index in [9.17, 15) is 0 Å². The molecule has 3 N–H and O–H groups in total. The molecule has 0 radical (unpaired) electrons. The molecule has 2 heterocycles. The third-order valence-electron chi connectivity index (χ3n) is 3.19. The summed E-state index contributed by atoms with van der Waals surface area (Å²) in [6.45, 7) is 4.06. The monoisotopic (exact) mass is 248 g/mol. The molecule has 0 spiro atoms. The molecule has 2 rings (SSSR count). The van der Waals surface area contributed by atoms with E-state index in [4.69, 9.17) is 10.3 Å².